The van der Waals surface area contributed by atoms with Crippen molar-refractivity contribution in [2.45, 2.75) is 44.6 Å². The van der Waals surface area contributed by atoms with Crippen LogP contribution >= 0.6 is 0 Å². The summed E-state index contributed by atoms with van der Waals surface area (Å²) in [5.41, 5.74) is 7.65. The van der Waals surface area contributed by atoms with Crippen LogP contribution in [-0.4, -0.2) is 63.1 Å². The van der Waals surface area contributed by atoms with Gasteiger partial charge in [0.15, 0.2) is 17.0 Å². The number of pyridine rings is 1. The minimum Gasteiger partial charge on any atom is -0.370 e. The molecule has 4 heterocycles. The quantitative estimate of drug-likeness (QED) is 0.351. The number of nitrogens with one attached hydrogen (secondary N) is 3. The number of hydrogen-bond acceptors (Lipinski definition) is 9. The Hall–Kier alpha value is -3.47. The number of hydrogen-bond donors (Lipinski definition) is 4. The Morgan fingerprint density at radius 2 is 1.97 bits per heavy atom. The van der Waals surface area contributed by atoms with E-state index in [0.29, 0.717) is 37.2 Å². The lowest BCUT2D eigenvalue weighted by Gasteiger charge is -2.28. The fraction of sp³-hybridized carbons (Fsp3) is 0.522. The Bertz CT molecular complexity index is 1120. The number of fused-ring (bicyclic) bond motifs is 1. The van der Waals surface area contributed by atoms with Gasteiger partial charge in [-0.05, 0) is 31.4 Å². The number of anilines is 4. The Labute approximate surface area is 198 Å². The van der Waals surface area contributed by atoms with Gasteiger partial charge in [-0.15, -0.1) is 0 Å². The molecule has 0 spiro atoms. The van der Waals surface area contributed by atoms with Gasteiger partial charge >= 0.3 is 0 Å². The summed E-state index contributed by atoms with van der Waals surface area (Å²) in [7, 11) is 0. The van der Waals surface area contributed by atoms with Crippen LogP contribution in [0.5, 0.6) is 0 Å². The van der Waals surface area contributed by atoms with E-state index in [1.54, 1.807) is 0 Å². The summed E-state index contributed by atoms with van der Waals surface area (Å²) in [4.78, 5) is 32.1. The summed E-state index contributed by atoms with van der Waals surface area (Å²) in [6.07, 6.45) is 9.38. The highest BCUT2D eigenvalue weighted by atomic mass is 16.1. The molecule has 1 aliphatic carbocycles. The lowest BCUT2D eigenvalue weighted by molar-refractivity contribution is -0.118. The van der Waals surface area contributed by atoms with Crippen LogP contribution in [-0.2, 0) is 4.79 Å². The predicted molar refractivity (Wildman–Crippen MR) is 132 cm³/mol. The topological polar surface area (TPSA) is 139 Å². The molecule has 2 aliphatic rings. The third-order valence-corrected chi connectivity index (χ3v) is 6.47. The first kappa shape index (κ1) is 22.3. The van der Waals surface area contributed by atoms with Crippen LogP contribution in [0.4, 0.5) is 23.3 Å². The molecule has 0 atom stereocenters. The fourth-order valence-corrected chi connectivity index (χ4v) is 4.67. The summed E-state index contributed by atoms with van der Waals surface area (Å²) in [5.74, 6) is 1.80. The molecule has 34 heavy (non-hydrogen) atoms. The molecule has 1 amide bonds. The lowest BCUT2D eigenvalue weighted by Crippen LogP contribution is -2.43. The normalized spacial score (nSPS) is 16.8. The zero-order valence-electron chi connectivity index (χ0n) is 19.3. The van der Waals surface area contributed by atoms with Crippen molar-refractivity contribution in [3.63, 3.8) is 0 Å². The molecule has 11 nitrogen and oxygen atoms in total. The molecular formula is C23H32N10O. The molecule has 1 aliphatic heterocycles. The van der Waals surface area contributed by atoms with Gasteiger partial charge in [-0.3, -0.25) is 4.79 Å². The first-order valence-corrected chi connectivity index (χ1v) is 12.1. The van der Waals surface area contributed by atoms with Crippen LogP contribution < -0.4 is 26.6 Å². The van der Waals surface area contributed by atoms with Gasteiger partial charge in [-0.2, -0.15) is 9.97 Å². The van der Waals surface area contributed by atoms with E-state index in [0.717, 1.165) is 61.7 Å². The molecule has 3 aromatic rings. The lowest BCUT2D eigenvalue weighted by atomic mass is 10.2. The van der Waals surface area contributed by atoms with Gasteiger partial charge in [0.25, 0.3) is 0 Å². The molecule has 1 saturated heterocycles. The summed E-state index contributed by atoms with van der Waals surface area (Å²) in [6.45, 7) is 4.41. The highest BCUT2D eigenvalue weighted by molar-refractivity contribution is 5.86. The summed E-state index contributed by atoms with van der Waals surface area (Å²) < 4.78 is 2.18. The minimum absolute atomic E-state index is 0.309. The number of carbonyl (C=O) groups is 1. The number of primary amides is 1. The molecule has 0 bridgehead atoms. The van der Waals surface area contributed by atoms with Gasteiger partial charge < -0.3 is 31.2 Å². The standard InChI is InChI=1S/C23H32N10O/c24-18(34)6-3-9-26-23-30-21(20-22(31-23)33(15-28-20)17-4-1-2-5-17)29-16-7-8-19(27-14-16)32-12-10-25-11-13-32/h7-8,14-15,17,25H,1-6,9-13H2,(H2,24,34)(H2,26,29,30,31). The van der Waals surface area contributed by atoms with E-state index in [-0.39, 0.29) is 5.91 Å². The molecule has 0 radical (unpaired) electrons. The summed E-state index contributed by atoms with van der Waals surface area (Å²) in [5, 5.41) is 10.00. The second-order valence-corrected chi connectivity index (χ2v) is 8.92. The van der Waals surface area contributed by atoms with Gasteiger partial charge in [0.1, 0.15) is 5.82 Å². The average molecular weight is 465 g/mol. The SMILES string of the molecule is NC(=O)CCCNc1nc(Nc2ccc(N3CCNCC3)nc2)c2ncn(C3CCCC3)c2n1. The van der Waals surface area contributed by atoms with Crippen molar-refractivity contribution in [2.24, 2.45) is 5.73 Å². The van der Waals surface area contributed by atoms with Gasteiger partial charge in [0.2, 0.25) is 11.9 Å². The molecular weight excluding hydrogens is 432 g/mol. The molecule has 180 valence electrons. The van der Waals surface area contributed by atoms with Crippen LogP contribution in [0.15, 0.2) is 24.7 Å². The second kappa shape index (κ2) is 10.2. The Morgan fingerprint density at radius 1 is 1.15 bits per heavy atom. The molecule has 2 fully saturated rings. The fourth-order valence-electron chi connectivity index (χ4n) is 4.67. The Balaban J connectivity index is 1.39. The Morgan fingerprint density at radius 3 is 2.71 bits per heavy atom. The van der Waals surface area contributed by atoms with E-state index in [4.69, 9.17) is 15.7 Å². The predicted octanol–water partition coefficient (Wildman–Crippen LogP) is 2.17. The van der Waals surface area contributed by atoms with Crippen molar-refractivity contribution >= 4 is 40.3 Å². The maximum absolute atomic E-state index is 11.1. The largest absolute Gasteiger partial charge is 0.370 e. The third kappa shape index (κ3) is 5.04. The van der Waals surface area contributed by atoms with E-state index in [1.165, 1.54) is 12.8 Å². The van der Waals surface area contributed by atoms with E-state index >= 15 is 0 Å². The molecule has 0 unspecified atom stereocenters. The smallest absolute Gasteiger partial charge is 0.226 e. The summed E-state index contributed by atoms with van der Waals surface area (Å²) >= 11 is 0. The van der Waals surface area contributed by atoms with Gasteiger partial charge in [0, 0.05) is 45.2 Å². The van der Waals surface area contributed by atoms with Gasteiger partial charge in [-0.25, -0.2) is 9.97 Å². The Kier molecular flexibility index (Phi) is 6.70. The van der Waals surface area contributed by atoms with E-state index in [1.807, 2.05) is 24.7 Å². The van der Waals surface area contributed by atoms with Crippen molar-refractivity contribution < 1.29 is 4.79 Å². The van der Waals surface area contributed by atoms with Gasteiger partial charge in [-0.1, -0.05) is 12.8 Å². The van der Waals surface area contributed by atoms with Crippen LogP contribution in [0.1, 0.15) is 44.6 Å². The van der Waals surface area contributed by atoms with E-state index in [2.05, 4.69) is 35.4 Å². The second-order valence-electron chi connectivity index (χ2n) is 8.92. The summed E-state index contributed by atoms with van der Waals surface area (Å²) in [6, 6.07) is 4.47. The molecule has 5 rings (SSSR count). The molecule has 3 aromatic heterocycles. The van der Waals surface area contributed by atoms with Crippen LogP contribution in [0.2, 0.25) is 0 Å². The number of nitrogens with zero attached hydrogens (tertiary/aromatic N) is 6. The average Bonchev–Trinajstić information content (AvgIpc) is 3.53. The number of rotatable bonds is 9. The molecule has 0 aromatic carbocycles. The van der Waals surface area contributed by atoms with Crippen molar-refractivity contribution in [1.82, 2.24) is 29.8 Å². The number of amides is 1. The molecule has 5 N–H and O–H groups in total. The monoisotopic (exact) mass is 464 g/mol. The minimum atomic E-state index is -0.309. The maximum atomic E-state index is 11.1. The molecule has 11 heteroatoms. The van der Waals surface area contributed by atoms with E-state index in [9.17, 15) is 4.79 Å². The van der Waals surface area contributed by atoms with Crippen molar-refractivity contribution in [3.8, 4) is 0 Å². The highest BCUT2D eigenvalue weighted by Crippen LogP contribution is 2.33. The highest BCUT2D eigenvalue weighted by Gasteiger charge is 2.22. The number of nitrogens with two attached hydrogens (primary N) is 1. The molecule has 1 saturated carbocycles. The van der Waals surface area contributed by atoms with Crippen molar-refractivity contribution in [2.75, 3.05) is 48.3 Å². The van der Waals surface area contributed by atoms with Crippen molar-refractivity contribution in [3.05, 3.63) is 24.7 Å². The maximum Gasteiger partial charge on any atom is 0.226 e. The number of piperazine rings is 1. The number of aromatic nitrogens is 5. The van der Waals surface area contributed by atoms with Crippen LogP contribution in [0.3, 0.4) is 0 Å². The van der Waals surface area contributed by atoms with Crippen molar-refractivity contribution in [1.29, 1.82) is 0 Å². The zero-order valence-corrected chi connectivity index (χ0v) is 19.3. The third-order valence-electron chi connectivity index (χ3n) is 6.47. The van der Waals surface area contributed by atoms with Crippen LogP contribution in [0, 0.1) is 0 Å². The van der Waals surface area contributed by atoms with Crippen LogP contribution in [0.25, 0.3) is 11.2 Å². The first-order valence-electron chi connectivity index (χ1n) is 12.1. The number of imidazole rings is 1. The van der Waals surface area contributed by atoms with E-state index < -0.39 is 0 Å². The first-order chi connectivity index (χ1) is 16.7. The zero-order chi connectivity index (χ0) is 23.3. The number of carbonyl (C=O) groups excluding carboxylic acids is 1. The van der Waals surface area contributed by atoms with Gasteiger partial charge in [0.05, 0.1) is 18.2 Å².